The molecule has 2 saturated heterocycles. The van der Waals surface area contributed by atoms with Crippen LogP contribution in [0.4, 0.5) is 4.79 Å². The van der Waals surface area contributed by atoms with Crippen LogP contribution in [-0.4, -0.2) is 52.6 Å². The summed E-state index contributed by atoms with van der Waals surface area (Å²) >= 11 is 0. The summed E-state index contributed by atoms with van der Waals surface area (Å²) in [5.74, 6) is 0. The summed E-state index contributed by atoms with van der Waals surface area (Å²) < 4.78 is 11.1. The summed E-state index contributed by atoms with van der Waals surface area (Å²) in [6.45, 7) is 10.3. The van der Waals surface area contributed by atoms with Crippen molar-refractivity contribution in [1.29, 1.82) is 0 Å². The van der Waals surface area contributed by atoms with E-state index in [2.05, 4.69) is 6.58 Å². The number of ether oxygens (including phenoxy) is 2. The van der Waals surface area contributed by atoms with Crippen LogP contribution in [0.25, 0.3) is 0 Å². The predicted molar refractivity (Wildman–Crippen MR) is 84.7 cm³/mol. The zero-order chi connectivity index (χ0) is 16.4. The SMILES string of the molecule is C=CCCCC1(O)CC2COCC(C1)N2C(=O)OC(C)(C)C. The minimum atomic E-state index is -0.708. The Morgan fingerprint density at radius 1 is 1.41 bits per heavy atom. The van der Waals surface area contributed by atoms with E-state index in [4.69, 9.17) is 9.47 Å². The fraction of sp³-hybridized carbons (Fsp3) is 0.824. The van der Waals surface area contributed by atoms with Crippen molar-refractivity contribution < 1.29 is 19.4 Å². The number of nitrogens with zero attached hydrogens (tertiary/aromatic N) is 1. The van der Waals surface area contributed by atoms with Gasteiger partial charge in [0.15, 0.2) is 0 Å². The molecule has 2 aliphatic heterocycles. The number of piperidine rings is 1. The molecule has 0 spiro atoms. The maximum atomic E-state index is 12.5. The van der Waals surface area contributed by atoms with Crippen molar-refractivity contribution in [2.24, 2.45) is 0 Å². The molecule has 5 nitrogen and oxygen atoms in total. The van der Waals surface area contributed by atoms with Crippen molar-refractivity contribution in [3.63, 3.8) is 0 Å². The molecule has 2 atom stereocenters. The molecule has 2 bridgehead atoms. The zero-order valence-electron chi connectivity index (χ0n) is 14.0. The molecule has 22 heavy (non-hydrogen) atoms. The van der Waals surface area contributed by atoms with E-state index in [-0.39, 0.29) is 18.2 Å². The van der Waals surface area contributed by atoms with Crippen LogP contribution in [-0.2, 0) is 9.47 Å². The highest BCUT2D eigenvalue weighted by Crippen LogP contribution is 2.38. The number of rotatable bonds is 4. The number of amides is 1. The third-order valence-corrected chi connectivity index (χ3v) is 4.29. The van der Waals surface area contributed by atoms with E-state index in [1.807, 2.05) is 26.8 Å². The lowest BCUT2D eigenvalue weighted by molar-refractivity contribution is -0.140. The van der Waals surface area contributed by atoms with Crippen molar-refractivity contribution in [3.05, 3.63) is 12.7 Å². The number of morpholine rings is 1. The average molecular weight is 311 g/mol. The standard InChI is InChI=1S/C17H29NO4/c1-5-6-7-8-17(20)9-13-11-21-12-14(10-17)18(13)15(19)22-16(2,3)4/h5,13-14,20H,1,6-12H2,2-4H3. The number of unbranched alkanes of at least 4 members (excludes halogenated alkanes) is 1. The van der Waals surface area contributed by atoms with Gasteiger partial charge in [0.2, 0.25) is 0 Å². The van der Waals surface area contributed by atoms with E-state index < -0.39 is 11.2 Å². The van der Waals surface area contributed by atoms with Gasteiger partial charge in [0, 0.05) is 0 Å². The van der Waals surface area contributed by atoms with Gasteiger partial charge in [-0.25, -0.2) is 4.79 Å². The molecule has 2 fully saturated rings. The van der Waals surface area contributed by atoms with E-state index in [0.29, 0.717) is 26.1 Å². The van der Waals surface area contributed by atoms with Crippen LogP contribution in [0.3, 0.4) is 0 Å². The van der Waals surface area contributed by atoms with Crippen molar-refractivity contribution >= 4 is 6.09 Å². The van der Waals surface area contributed by atoms with Gasteiger partial charge >= 0.3 is 6.09 Å². The third-order valence-electron chi connectivity index (χ3n) is 4.29. The summed E-state index contributed by atoms with van der Waals surface area (Å²) in [6.07, 6.45) is 5.27. The molecule has 2 rings (SSSR count). The monoisotopic (exact) mass is 311 g/mol. The molecule has 0 saturated carbocycles. The maximum Gasteiger partial charge on any atom is 0.410 e. The van der Waals surface area contributed by atoms with Crippen LogP contribution in [0.5, 0.6) is 0 Å². The Hall–Kier alpha value is -1.07. The molecule has 0 aliphatic carbocycles. The van der Waals surface area contributed by atoms with Gasteiger partial charge in [0.1, 0.15) is 5.60 Å². The van der Waals surface area contributed by atoms with E-state index >= 15 is 0 Å². The summed E-state index contributed by atoms with van der Waals surface area (Å²) in [5, 5.41) is 10.9. The predicted octanol–water partition coefficient (Wildman–Crippen LogP) is 2.87. The molecule has 126 valence electrons. The zero-order valence-corrected chi connectivity index (χ0v) is 14.0. The van der Waals surface area contributed by atoms with Crippen molar-refractivity contribution in [3.8, 4) is 0 Å². The summed E-state index contributed by atoms with van der Waals surface area (Å²) in [5.41, 5.74) is -1.22. The first kappa shape index (κ1) is 17.3. The van der Waals surface area contributed by atoms with E-state index in [9.17, 15) is 9.90 Å². The fourth-order valence-corrected chi connectivity index (χ4v) is 3.47. The molecular weight excluding hydrogens is 282 g/mol. The highest BCUT2D eigenvalue weighted by atomic mass is 16.6. The Morgan fingerprint density at radius 3 is 2.50 bits per heavy atom. The Bertz CT molecular complexity index is 401. The Morgan fingerprint density at radius 2 is 2.00 bits per heavy atom. The quantitative estimate of drug-likeness (QED) is 0.640. The average Bonchev–Trinajstić information content (AvgIpc) is 2.35. The van der Waals surface area contributed by atoms with Crippen LogP contribution in [0, 0.1) is 0 Å². The number of carbonyl (C=O) groups is 1. The largest absolute Gasteiger partial charge is 0.444 e. The lowest BCUT2D eigenvalue weighted by atomic mass is 9.78. The molecule has 5 heteroatoms. The minimum Gasteiger partial charge on any atom is -0.444 e. The van der Waals surface area contributed by atoms with Crippen LogP contribution in [0.2, 0.25) is 0 Å². The van der Waals surface area contributed by atoms with Gasteiger partial charge in [-0.05, 0) is 52.9 Å². The van der Waals surface area contributed by atoms with Gasteiger partial charge in [-0.15, -0.1) is 6.58 Å². The lowest BCUT2D eigenvalue weighted by Crippen LogP contribution is -2.64. The molecule has 0 aromatic carbocycles. The Kier molecular flexibility index (Phi) is 5.17. The van der Waals surface area contributed by atoms with Gasteiger partial charge in [-0.3, -0.25) is 4.90 Å². The summed E-state index contributed by atoms with van der Waals surface area (Å²) in [7, 11) is 0. The third kappa shape index (κ3) is 4.23. The van der Waals surface area contributed by atoms with Crippen LogP contribution in [0.15, 0.2) is 12.7 Å². The second-order valence-electron chi connectivity index (χ2n) is 7.55. The first-order valence-corrected chi connectivity index (χ1v) is 8.16. The van der Waals surface area contributed by atoms with E-state index in [1.165, 1.54) is 0 Å². The molecule has 0 aromatic heterocycles. The number of allylic oxidation sites excluding steroid dienone is 1. The lowest BCUT2D eigenvalue weighted by Gasteiger charge is -2.51. The first-order valence-electron chi connectivity index (χ1n) is 8.16. The van der Waals surface area contributed by atoms with Gasteiger partial charge in [0.25, 0.3) is 0 Å². The smallest absolute Gasteiger partial charge is 0.410 e. The van der Waals surface area contributed by atoms with E-state index in [1.54, 1.807) is 4.90 Å². The summed E-state index contributed by atoms with van der Waals surface area (Å²) in [6, 6.07) is -0.202. The number of aliphatic hydroxyl groups is 1. The molecule has 2 aliphatic rings. The molecule has 2 unspecified atom stereocenters. The van der Waals surface area contributed by atoms with Crippen LogP contribution in [0.1, 0.15) is 52.9 Å². The van der Waals surface area contributed by atoms with Gasteiger partial charge in [0.05, 0.1) is 30.9 Å². The number of hydrogen-bond acceptors (Lipinski definition) is 4. The normalized spacial score (nSPS) is 31.7. The molecule has 2 heterocycles. The van der Waals surface area contributed by atoms with Gasteiger partial charge in [-0.2, -0.15) is 0 Å². The fourth-order valence-electron chi connectivity index (χ4n) is 3.47. The molecule has 1 amide bonds. The van der Waals surface area contributed by atoms with Crippen molar-refractivity contribution in [2.45, 2.75) is 76.2 Å². The maximum absolute atomic E-state index is 12.5. The Balaban J connectivity index is 2.04. The van der Waals surface area contributed by atoms with Gasteiger partial charge < -0.3 is 14.6 Å². The first-order chi connectivity index (χ1) is 10.2. The number of carbonyl (C=O) groups excluding carboxylic acids is 1. The van der Waals surface area contributed by atoms with Crippen molar-refractivity contribution in [2.75, 3.05) is 13.2 Å². The number of hydrogen-bond donors (Lipinski definition) is 1. The highest BCUT2D eigenvalue weighted by Gasteiger charge is 2.48. The topological polar surface area (TPSA) is 59.0 Å². The van der Waals surface area contributed by atoms with Gasteiger partial charge in [-0.1, -0.05) is 6.08 Å². The van der Waals surface area contributed by atoms with Crippen LogP contribution >= 0.6 is 0 Å². The highest BCUT2D eigenvalue weighted by molar-refractivity contribution is 5.69. The minimum absolute atomic E-state index is 0.101. The Labute approximate surface area is 133 Å². The number of fused-ring (bicyclic) bond motifs is 2. The molecule has 1 N–H and O–H groups in total. The molecule has 0 aromatic rings. The van der Waals surface area contributed by atoms with Crippen molar-refractivity contribution in [1.82, 2.24) is 4.90 Å². The van der Waals surface area contributed by atoms with E-state index in [0.717, 1.165) is 19.3 Å². The second-order valence-corrected chi connectivity index (χ2v) is 7.55. The molecule has 0 radical (unpaired) electrons. The molecular formula is C17H29NO4. The summed E-state index contributed by atoms with van der Waals surface area (Å²) in [4.78, 5) is 14.2. The second kappa shape index (κ2) is 6.59. The van der Waals surface area contributed by atoms with Crippen LogP contribution < -0.4 is 0 Å².